The molecule has 76 valence electrons. The highest BCUT2D eigenvalue weighted by Gasteiger charge is 2.37. The van der Waals surface area contributed by atoms with Crippen molar-refractivity contribution in [1.29, 1.82) is 0 Å². The Balaban J connectivity index is 2.17. The Morgan fingerprint density at radius 2 is 2.15 bits per heavy atom. The average molecular weight is 205 g/mol. The van der Waals surface area contributed by atoms with Crippen LogP contribution in [0.3, 0.4) is 0 Å². The van der Waals surface area contributed by atoms with E-state index in [4.69, 9.17) is 5.73 Å². The maximum absolute atomic E-state index is 11.5. The van der Waals surface area contributed by atoms with Crippen molar-refractivity contribution >= 4 is 10.2 Å². The van der Waals surface area contributed by atoms with E-state index in [0.29, 0.717) is 13.1 Å². The van der Waals surface area contributed by atoms with Crippen molar-refractivity contribution in [3.05, 3.63) is 0 Å². The summed E-state index contributed by atoms with van der Waals surface area (Å²) >= 11 is 0. The second kappa shape index (κ2) is 3.20. The van der Waals surface area contributed by atoms with Crippen molar-refractivity contribution in [2.45, 2.75) is 31.3 Å². The quantitative estimate of drug-likeness (QED) is 0.533. The number of nitrogens with one attached hydrogen (secondary N) is 1. The van der Waals surface area contributed by atoms with Crippen molar-refractivity contribution < 1.29 is 8.42 Å². The number of fused-ring (bicyclic) bond motifs is 1. The van der Waals surface area contributed by atoms with Gasteiger partial charge in [-0.05, 0) is 19.3 Å². The SMILES string of the molecule is NC1CCN2C(CCNS2(=O)=O)C1. The molecule has 0 spiro atoms. The first-order valence-electron chi connectivity index (χ1n) is 4.61. The summed E-state index contributed by atoms with van der Waals surface area (Å²) in [5, 5.41) is 0. The van der Waals surface area contributed by atoms with Gasteiger partial charge in [0.2, 0.25) is 0 Å². The van der Waals surface area contributed by atoms with Gasteiger partial charge in [-0.3, -0.25) is 0 Å². The highest BCUT2D eigenvalue weighted by Crippen LogP contribution is 2.23. The van der Waals surface area contributed by atoms with Gasteiger partial charge < -0.3 is 5.73 Å². The minimum Gasteiger partial charge on any atom is -0.328 e. The van der Waals surface area contributed by atoms with Crippen LogP contribution in [0.4, 0.5) is 0 Å². The van der Waals surface area contributed by atoms with Crippen LogP contribution in [0.1, 0.15) is 19.3 Å². The Labute approximate surface area is 78.5 Å². The molecule has 5 nitrogen and oxygen atoms in total. The molecule has 0 aliphatic carbocycles. The van der Waals surface area contributed by atoms with Crippen LogP contribution in [0, 0.1) is 0 Å². The molecule has 3 N–H and O–H groups in total. The molecule has 0 aromatic carbocycles. The second-order valence-corrected chi connectivity index (χ2v) is 5.44. The molecule has 2 rings (SSSR count). The van der Waals surface area contributed by atoms with E-state index < -0.39 is 10.2 Å². The molecule has 2 saturated heterocycles. The maximum Gasteiger partial charge on any atom is 0.279 e. The number of rotatable bonds is 0. The molecular weight excluding hydrogens is 190 g/mol. The van der Waals surface area contributed by atoms with Gasteiger partial charge in [-0.15, -0.1) is 0 Å². The third-order valence-electron chi connectivity index (χ3n) is 2.77. The van der Waals surface area contributed by atoms with Gasteiger partial charge in [0.25, 0.3) is 10.2 Å². The molecule has 0 amide bonds. The first-order chi connectivity index (χ1) is 6.09. The standard InChI is InChI=1S/C7H15N3O2S/c8-6-2-4-10-7(5-6)1-3-9-13(10,11)12/h6-7,9H,1-5,8H2. The Kier molecular flexibility index (Phi) is 2.31. The van der Waals surface area contributed by atoms with E-state index in [-0.39, 0.29) is 12.1 Å². The fraction of sp³-hybridized carbons (Fsp3) is 1.00. The minimum atomic E-state index is -3.18. The summed E-state index contributed by atoms with van der Waals surface area (Å²) in [6.07, 6.45) is 2.46. The third-order valence-corrected chi connectivity index (χ3v) is 4.44. The summed E-state index contributed by atoms with van der Waals surface area (Å²) in [5.74, 6) is 0. The molecular formula is C7H15N3O2S. The highest BCUT2D eigenvalue weighted by molar-refractivity contribution is 7.87. The molecule has 0 radical (unpaired) electrons. The van der Waals surface area contributed by atoms with Gasteiger partial charge in [-0.2, -0.15) is 12.7 Å². The maximum atomic E-state index is 11.5. The number of hydrogen-bond donors (Lipinski definition) is 2. The van der Waals surface area contributed by atoms with Gasteiger partial charge in [0, 0.05) is 25.2 Å². The van der Waals surface area contributed by atoms with Gasteiger partial charge in [-0.1, -0.05) is 0 Å². The predicted octanol–water partition coefficient (Wildman–Crippen LogP) is -0.984. The van der Waals surface area contributed by atoms with Crippen molar-refractivity contribution in [3.8, 4) is 0 Å². The molecule has 2 fully saturated rings. The Hall–Kier alpha value is -0.170. The van der Waals surface area contributed by atoms with Gasteiger partial charge >= 0.3 is 0 Å². The molecule has 2 heterocycles. The van der Waals surface area contributed by atoms with E-state index in [2.05, 4.69) is 4.72 Å². The van der Waals surface area contributed by atoms with Crippen molar-refractivity contribution in [3.63, 3.8) is 0 Å². The molecule has 2 aliphatic rings. The van der Waals surface area contributed by atoms with E-state index in [1.807, 2.05) is 0 Å². The number of piperidine rings is 1. The Bertz CT molecular complexity index is 290. The monoisotopic (exact) mass is 205 g/mol. The largest absolute Gasteiger partial charge is 0.328 e. The van der Waals surface area contributed by atoms with Crippen LogP contribution in [0.25, 0.3) is 0 Å². The first-order valence-corrected chi connectivity index (χ1v) is 6.05. The molecule has 2 aliphatic heterocycles. The summed E-state index contributed by atoms with van der Waals surface area (Å²) in [7, 11) is -3.18. The van der Waals surface area contributed by atoms with Crippen LogP contribution in [0.2, 0.25) is 0 Å². The Morgan fingerprint density at radius 3 is 2.92 bits per heavy atom. The minimum absolute atomic E-state index is 0.134. The van der Waals surface area contributed by atoms with Crippen LogP contribution in [-0.2, 0) is 10.2 Å². The van der Waals surface area contributed by atoms with E-state index in [1.165, 1.54) is 0 Å². The van der Waals surface area contributed by atoms with E-state index in [0.717, 1.165) is 19.3 Å². The zero-order valence-electron chi connectivity index (χ0n) is 7.44. The fourth-order valence-corrected chi connectivity index (χ4v) is 3.55. The second-order valence-electron chi connectivity index (χ2n) is 3.74. The van der Waals surface area contributed by atoms with E-state index >= 15 is 0 Å². The van der Waals surface area contributed by atoms with Crippen molar-refractivity contribution in [2.24, 2.45) is 5.73 Å². The lowest BCUT2D eigenvalue weighted by atomic mass is 9.98. The van der Waals surface area contributed by atoms with Crippen LogP contribution in [0.15, 0.2) is 0 Å². The summed E-state index contributed by atoms with van der Waals surface area (Å²) in [5.41, 5.74) is 5.79. The van der Waals surface area contributed by atoms with Crippen molar-refractivity contribution in [1.82, 2.24) is 9.03 Å². The summed E-state index contributed by atoms with van der Waals surface area (Å²) in [6, 6.07) is 0.310. The average Bonchev–Trinajstić information content (AvgIpc) is 2.02. The molecule has 0 saturated carbocycles. The van der Waals surface area contributed by atoms with E-state index in [1.54, 1.807) is 4.31 Å². The summed E-state index contributed by atoms with van der Waals surface area (Å²) in [6.45, 7) is 1.12. The van der Waals surface area contributed by atoms with Gasteiger partial charge in [0.05, 0.1) is 0 Å². The molecule has 0 aromatic rings. The zero-order valence-corrected chi connectivity index (χ0v) is 8.26. The molecule has 2 atom stereocenters. The van der Waals surface area contributed by atoms with Crippen LogP contribution in [0.5, 0.6) is 0 Å². The summed E-state index contributed by atoms with van der Waals surface area (Å²) in [4.78, 5) is 0. The molecule has 0 bridgehead atoms. The lowest BCUT2D eigenvalue weighted by molar-refractivity contribution is 0.207. The number of hydrogen-bond acceptors (Lipinski definition) is 3. The number of nitrogens with zero attached hydrogens (tertiary/aromatic N) is 1. The molecule has 0 aromatic heterocycles. The molecule has 2 unspecified atom stereocenters. The summed E-state index contributed by atoms with van der Waals surface area (Å²) < 4.78 is 27.1. The van der Waals surface area contributed by atoms with Crippen LogP contribution >= 0.6 is 0 Å². The Morgan fingerprint density at radius 1 is 1.38 bits per heavy atom. The first kappa shape index (κ1) is 9.39. The van der Waals surface area contributed by atoms with E-state index in [9.17, 15) is 8.42 Å². The number of nitrogens with two attached hydrogens (primary N) is 1. The zero-order chi connectivity index (χ0) is 9.47. The predicted molar refractivity (Wildman–Crippen MR) is 49.2 cm³/mol. The molecule has 6 heteroatoms. The van der Waals surface area contributed by atoms with Crippen molar-refractivity contribution in [2.75, 3.05) is 13.1 Å². The lowest BCUT2D eigenvalue weighted by Crippen LogP contribution is -2.57. The smallest absolute Gasteiger partial charge is 0.279 e. The third kappa shape index (κ3) is 1.71. The molecule has 13 heavy (non-hydrogen) atoms. The van der Waals surface area contributed by atoms with Gasteiger partial charge in [-0.25, -0.2) is 4.72 Å². The topological polar surface area (TPSA) is 75.4 Å². The highest BCUT2D eigenvalue weighted by atomic mass is 32.2. The van der Waals surface area contributed by atoms with Crippen LogP contribution < -0.4 is 10.5 Å². The van der Waals surface area contributed by atoms with Crippen LogP contribution in [-0.4, -0.2) is 37.9 Å². The fourth-order valence-electron chi connectivity index (χ4n) is 2.08. The van der Waals surface area contributed by atoms with Gasteiger partial charge in [0.15, 0.2) is 0 Å². The van der Waals surface area contributed by atoms with Gasteiger partial charge in [0.1, 0.15) is 0 Å². The lowest BCUT2D eigenvalue weighted by Gasteiger charge is -2.40. The normalized spacial score (nSPS) is 39.8.